The van der Waals surface area contributed by atoms with Gasteiger partial charge in [-0.05, 0) is 31.9 Å². The summed E-state index contributed by atoms with van der Waals surface area (Å²) in [6.07, 6.45) is 3.04. The van der Waals surface area contributed by atoms with Gasteiger partial charge in [-0.1, -0.05) is 13.8 Å². The molecular weight excluding hydrogens is 254 g/mol. The van der Waals surface area contributed by atoms with Gasteiger partial charge in [-0.25, -0.2) is 9.97 Å². The first-order valence-corrected chi connectivity index (χ1v) is 7.05. The van der Waals surface area contributed by atoms with E-state index in [2.05, 4.69) is 9.97 Å². The second-order valence-electron chi connectivity index (χ2n) is 4.85. The van der Waals surface area contributed by atoms with E-state index in [-0.39, 0.29) is 5.97 Å². The first kappa shape index (κ1) is 14.5. The SMILES string of the molecule is CCOC(=O)C(CC)(CC)c1nc2cccnc2n1C. The molecule has 0 N–H and O–H groups in total. The van der Waals surface area contributed by atoms with Gasteiger partial charge in [0, 0.05) is 13.2 Å². The highest BCUT2D eigenvalue weighted by Crippen LogP contribution is 2.33. The highest BCUT2D eigenvalue weighted by molar-refractivity contribution is 5.84. The summed E-state index contributed by atoms with van der Waals surface area (Å²) in [7, 11) is 1.90. The molecule has 0 aliphatic heterocycles. The average molecular weight is 275 g/mol. The smallest absolute Gasteiger partial charge is 0.319 e. The zero-order valence-corrected chi connectivity index (χ0v) is 12.5. The van der Waals surface area contributed by atoms with E-state index in [1.165, 1.54) is 0 Å². The van der Waals surface area contributed by atoms with Crippen molar-refractivity contribution in [1.29, 1.82) is 0 Å². The summed E-state index contributed by atoms with van der Waals surface area (Å²) in [5.74, 6) is 0.526. The molecule has 0 spiro atoms. The maximum Gasteiger partial charge on any atom is 0.319 e. The molecule has 2 rings (SSSR count). The summed E-state index contributed by atoms with van der Waals surface area (Å²) in [6, 6.07) is 3.76. The quantitative estimate of drug-likeness (QED) is 0.787. The predicted octanol–water partition coefficient (Wildman–Crippen LogP) is 2.59. The van der Waals surface area contributed by atoms with Crippen LogP contribution >= 0.6 is 0 Å². The van der Waals surface area contributed by atoms with Gasteiger partial charge in [-0.3, -0.25) is 4.79 Å². The van der Waals surface area contributed by atoms with E-state index in [0.29, 0.717) is 19.4 Å². The molecule has 108 valence electrons. The number of pyridine rings is 1. The van der Waals surface area contributed by atoms with Crippen molar-refractivity contribution in [3.63, 3.8) is 0 Å². The van der Waals surface area contributed by atoms with Gasteiger partial charge in [0.15, 0.2) is 5.65 Å². The fraction of sp³-hybridized carbons (Fsp3) is 0.533. The van der Waals surface area contributed by atoms with Crippen LogP contribution in [0.15, 0.2) is 18.3 Å². The molecule has 0 saturated heterocycles. The number of carbonyl (C=O) groups is 1. The van der Waals surface area contributed by atoms with Crippen LogP contribution in [-0.2, 0) is 22.0 Å². The number of fused-ring (bicyclic) bond motifs is 1. The Morgan fingerprint density at radius 3 is 2.60 bits per heavy atom. The lowest BCUT2D eigenvalue weighted by atomic mass is 9.81. The highest BCUT2D eigenvalue weighted by Gasteiger charge is 2.42. The fourth-order valence-corrected chi connectivity index (χ4v) is 2.67. The fourth-order valence-electron chi connectivity index (χ4n) is 2.67. The van der Waals surface area contributed by atoms with Crippen LogP contribution in [0.1, 0.15) is 39.4 Å². The number of nitrogens with zero attached hydrogens (tertiary/aromatic N) is 3. The van der Waals surface area contributed by atoms with Crippen LogP contribution < -0.4 is 0 Å². The first-order valence-electron chi connectivity index (χ1n) is 7.05. The maximum atomic E-state index is 12.5. The zero-order valence-electron chi connectivity index (χ0n) is 12.5. The molecule has 0 bridgehead atoms. The Morgan fingerprint density at radius 2 is 2.05 bits per heavy atom. The van der Waals surface area contributed by atoms with Gasteiger partial charge in [-0.2, -0.15) is 0 Å². The van der Waals surface area contributed by atoms with Crippen LogP contribution in [-0.4, -0.2) is 27.1 Å². The Morgan fingerprint density at radius 1 is 1.35 bits per heavy atom. The Labute approximate surface area is 119 Å². The van der Waals surface area contributed by atoms with E-state index in [1.54, 1.807) is 6.20 Å². The molecule has 0 aliphatic rings. The molecular formula is C15H21N3O2. The summed E-state index contributed by atoms with van der Waals surface area (Å²) in [6.45, 7) is 6.19. The number of rotatable bonds is 5. The van der Waals surface area contributed by atoms with Crippen LogP contribution in [0.4, 0.5) is 0 Å². The van der Waals surface area contributed by atoms with E-state index in [0.717, 1.165) is 17.0 Å². The minimum Gasteiger partial charge on any atom is -0.465 e. The Kier molecular flexibility index (Phi) is 4.06. The molecule has 2 heterocycles. The van der Waals surface area contributed by atoms with Gasteiger partial charge in [-0.15, -0.1) is 0 Å². The third kappa shape index (κ3) is 2.07. The lowest BCUT2D eigenvalue weighted by Gasteiger charge is -2.28. The van der Waals surface area contributed by atoms with E-state index in [4.69, 9.17) is 4.74 Å². The van der Waals surface area contributed by atoms with Crippen LogP contribution in [0, 0.1) is 0 Å². The second-order valence-corrected chi connectivity index (χ2v) is 4.85. The van der Waals surface area contributed by atoms with Crippen LogP contribution in [0.5, 0.6) is 0 Å². The molecule has 5 nitrogen and oxygen atoms in total. The Balaban J connectivity index is 2.63. The lowest BCUT2D eigenvalue weighted by Crippen LogP contribution is -2.39. The van der Waals surface area contributed by atoms with Gasteiger partial charge in [0.1, 0.15) is 16.8 Å². The van der Waals surface area contributed by atoms with Gasteiger partial charge >= 0.3 is 5.97 Å². The molecule has 0 unspecified atom stereocenters. The monoisotopic (exact) mass is 275 g/mol. The summed E-state index contributed by atoms with van der Waals surface area (Å²) in [5.41, 5.74) is 0.893. The van der Waals surface area contributed by atoms with Crippen molar-refractivity contribution in [1.82, 2.24) is 14.5 Å². The second kappa shape index (κ2) is 5.61. The van der Waals surface area contributed by atoms with E-state index >= 15 is 0 Å². The molecule has 0 aliphatic carbocycles. The van der Waals surface area contributed by atoms with Gasteiger partial charge in [0.2, 0.25) is 0 Å². The normalized spacial score (nSPS) is 11.8. The minimum absolute atomic E-state index is 0.205. The Bertz CT molecular complexity index is 615. The number of aryl methyl sites for hydroxylation is 1. The lowest BCUT2D eigenvalue weighted by molar-refractivity contribution is -0.151. The molecule has 0 atom stereocenters. The summed E-state index contributed by atoms with van der Waals surface area (Å²) < 4.78 is 7.18. The molecule has 5 heteroatoms. The maximum absolute atomic E-state index is 12.5. The third-order valence-corrected chi connectivity index (χ3v) is 3.93. The number of hydrogen-bond acceptors (Lipinski definition) is 4. The molecule has 2 aromatic rings. The summed E-state index contributed by atoms with van der Waals surface area (Å²) in [5, 5.41) is 0. The average Bonchev–Trinajstić information content (AvgIpc) is 2.80. The minimum atomic E-state index is -0.703. The van der Waals surface area contributed by atoms with E-state index < -0.39 is 5.41 Å². The van der Waals surface area contributed by atoms with E-state index in [1.807, 2.05) is 44.5 Å². The van der Waals surface area contributed by atoms with Gasteiger partial charge in [0.05, 0.1) is 6.61 Å². The number of aromatic nitrogens is 3. The van der Waals surface area contributed by atoms with Crippen molar-refractivity contribution in [3.8, 4) is 0 Å². The van der Waals surface area contributed by atoms with Gasteiger partial charge in [0.25, 0.3) is 0 Å². The van der Waals surface area contributed by atoms with Crippen molar-refractivity contribution >= 4 is 17.1 Å². The first-order chi connectivity index (χ1) is 9.60. The van der Waals surface area contributed by atoms with Crippen molar-refractivity contribution in [2.75, 3.05) is 6.61 Å². The third-order valence-electron chi connectivity index (χ3n) is 3.93. The molecule has 0 saturated carbocycles. The zero-order chi connectivity index (χ0) is 14.8. The van der Waals surface area contributed by atoms with Crippen molar-refractivity contribution in [3.05, 3.63) is 24.2 Å². The topological polar surface area (TPSA) is 57.0 Å². The summed E-state index contributed by atoms with van der Waals surface area (Å²) >= 11 is 0. The molecule has 0 aromatic carbocycles. The number of carbonyl (C=O) groups excluding carboxylic acids is 1. The molecule has 0 amide bonds. The van der Waals surface area contributed by atoms with Crippen molar-refractivity contribution < 1.29 is 9.53 Å². The standard InChI is InChI=1S/C15H21N3O2/c1-5-15(6-2,14(19)20-7-3)13-17-11-9-8-10-16-12(11)18(13)4/h8-10H,5-7H2,1-4H3. The molecule has 20 heavy (non-hydrogen) atoms. The van der Waals surface area contributed by atoms with Crippen molar-refractivity contribution in [2.45, 2.75) is 39.0 Å². The summed E-state index contributed by atoms with van der Waals surface area (Å²) in [4.78, 5) is 21.4. The number of hydrogen-bond donors (Lipinski definition) is 0. The number of esters is 1. The highest BCUT2D eigenvalue weighted by atomic mass is 16.5. The number of imidazole rings is 1. The molecule has 0 radical (unpaired) electrons. The largest absolute Gasteiger partial charge is 0.465 e. The molecule has 2 aromatic heterocycles. The van der Waals surface area contributed by atoms with Crippen LogP contribution in [0.2, 0.25) is 0 Å². The van der Waals surface area contributed by atoms with Gasteiger partial charge < -0.3 is 9.30 Å². The van der Waals surface area contributed by atoms with Crippen LogP contribution in [0.3, 0.4) is 0 Å². The van der Waals surface area contributed by atoms with Crippen molar-refractivity contribution in [2.24, 2.45) is 7.05 Å². The Hall–Kier alpha value is -1.91. The molecule has 0 fully saturated rings. The number of ether oxygens (including phenoxy) is 1. The van der Waals surface area contributed by atoms with Crippen LogP contribution in [0.25, 0.3) is 11.2 Å². The van der Waals surface area contributed by atoms with E-state index in [9.17, 15) is 4.79 Å². The predicted molar refractivity (Wildman–Crippen MR) is 77.4 cm³/mol.